The molecule has 0 fully saturated rings. The van der Waals surface area contributed by atoms with Crippen LogP contribution in [0.2, 0.25) is 0 Å². The lowest BCUT2D eigenvalue weighted by Gasteiger charge is -2.13. The van der Waals surface area contributed by atoms with E-state index in [1.54, 1.807) is 15.9 Å². The first-order valence-electron chi connectivity index (χ1n) is 9.67. The first kappa shape index (κ1) is 20.6. The van der Waals surface area contributed by atoms with Gasteiger partial charge in [0, 0.05) is 10.6 Å². The minimum Gasteiger partial charge on any atom is -0.268 e. The van der Waals surface area contributed by atoms with Crippen LogP contribution in [-0.4, -0.2) is 36.5 Å². The molecule has 154 valence electrons. The van der Waals surface area contributed by atoms with Crippen molar-refractivity contribution in [2.24, 2.45) is 0 Å². The second-order valence-corrected chi connectivity index (χ2v) is 11.2. The van der Waals surface area contributed by atoms with Crippen molar-refractivity contribution >= 4 is 43.3 Å². The van der Waals surface area contributed by atoms with Crippen molar-refractivity contribution in [3.63, 3.8) is 0 Å². The maximum Gasteiger partial charge on any atom is 0.267 e. The number of thiophene rings is 1. The van der Waals surface area contributed by atoms with Crippen LogP contribution in [0.15, 0.2) is 40.3 Å². The zero-order valence-electron chi connectivity index (χ0n) is 16.2. The summed E-state index contributed by atoms with van der Waals surface area (Å²) in [6.07, 6.45) is 4.71. The second kappa shape index (κ2) is 8.59. The number of rotatable bonds is 7. The molecule has 1 aromatic carbocycles. The van der Waals surface area contributed by atoms with E-state index < -0.39 is 10.0 Å². The molecule has 0 bridgehead atoms. The molecular formula is C20H23N3O3S3. The third-order valence-electron chi connectivity index (χ3n) is 5.07. The van der Waals surface area contributed by atoms with Gasteiger partial charge in [-0.2, -0.15) is 0 Å². The Morgan fingerprint density at radius 1 is 1.21 bits per heavy atom. The first-order valence-corrected chi connectivity index (χ1v) is 13.1. The number of sulfonamides is 1. The number of fused-ring (bicyclic) bond motifs is 3. The van der Waals surface area contributed by atoms with E-state index in [1.165, 1.54) is 29.3 Å². The van der Waals surface area contributed by atoms with Gasteiger partial charge in [0.25, 0.3) is 5.56 Å². The van der Waals surface area contributed by atoms with Crippen LogP contribution in [0, 0.1) is 0 Å². The number of aryl methyl sites for hydroxylation is 2. The third-order valence-corrected chi connectivity index (χ3v) is 8.73. The minimum absolute atomic E-state index is 0.0223. The highest BCUT2D eigenvalue weighted by Crippen LogP contribution is 2.35. The summed E-state index contributed by atoms with van der Waals surface area (Å²) in [5.41, 5.74) is 1.94. The normalized spacial score (nSPS) is 14.2. The standard InChI is InChI=1S/C20H23N3O3S3/c1-21-29(25,26)13-7-12-27-20-22-18-17(15-10-5-6-11-16(15)28-18)19(24)23(20)14-8-3-2-4-9-14/h2-4,8-9,21H,5-7,10-13H2,1H3. The van der Waals surface area contributed by atoms with E-state index in [4.69, 9.17) is 4.98 Å². The molecule has 6 nitrogen and oxygen atoms in total. The Morgan fingerprint density at radius 2 is 1.97 bits per heavy atom. The molecule has 0 saturated heterocycles. The Bertz CT molecular complexity index is 1180. The van der Waals surface area contributed by atoms with Crippen molar-refractivity contribution in [3.8, 4) is 5.69 Å². The van der Waals surface area contributed by atoms with Gasteiger partial charge < -0.3 is 0 Å². The van der Waals surface area contributed by atoms with E-state index in [9.17, 15) is 13.2 Å². The van der Waals surface area contributed by atoms with E-state index in [1.807, 2.05) is 30.3 Å². The smallest absolute Gasteiger partial charge is 0.267 e. The van der Waals surface area contributed by atoms with E-state index in [-0.39, 0.29) is 11.3 Å². The van der Waals surface area contributed by atoms with Crippen LogP contribution in [-0.2, 0) is 22.9 Å². The highest BCUT2D eigenvalue weighted by Gasteiger charge is 2.22. The summed E-state index contributed by atoms with van der Waals surface area (Å²) in [5.74, 6) is 0.623. The fourth-order valence-electron chi connectivity index (χ4n) is 3.60. The van der Waals surface area contributed by atoms with Crippen molar-refractivity contribution in [1.29, 1.82) is 0 Å². The maximum atomic E-state index is 13.5. The molecule has 0 unspecified atom stereocenters. The Hall–Kier alpha value is -1.68. The number of hydrogen-bond acceptors (Lipinski definition) is 6. The topological polar surface area (TPSA) is 81.1 Å². The zero-order chi connectivity index (χ0) is 20.4. The molecule has 0 aliphatic heterocycles. The number of para-hydroxylation sites is 1. The van der Waals surface area contributed by atoms with Gasteiger partial charge in [0.2, 0.25) is 10.0 Å². The summed E-state index contributed by atoms with van der Waals surface area (Å²) in [6.45, 7) is 0. The average Bonchev–Trinajstić information content (AvgIpc) is 3.10. The van der Waals surface area contributed by atoms with Crippen LogP contribution in [0.4, 0.5) is 0 Å². The second-order valence-electron chi connectivity index (χ2n) is 6.99. The molecule has 2 heterocycles. The van der Waals surface area contributed by atoms with Gasteiger partial charge in [0.1, 0.15) is 4.83 Å². The monoisotopic (exact) mass is 449 g/mol. The average molecular weight is 450 g/mol. The molecule has 3 aromatic rings. The lowest BCUT2D eigenvalue weighted by molar-refractivity contribution is 0.587. The predicted octanol–water partition coefficient (Wildman–Crippen LogP) is 3.36. The zero-order valence-corrected chi connectivity index (χ0v) is 18.6. The lowest BCUT2D eigenvalue weighted by atomic mass is 9.97. The van der Waals surface area contributed by atoms with E-state index in [0.29, 0.717) is 17.3 Å². The summed E-state index contributed by atoms with van der Waals surface area (Å²) >= 11 is 3.07. The van der Waals surface area contributed by atoms with Gasteiger partial charge >= 0.3 is 0 Å². The van der Waals surface area contributed by atoms with Gasteiger partial charge in [-0.3, -0.25) is 9.36 Å². The molecule has 1 aliphatic rings. The van der Waals surface area contributed by atoms with Crippen molar-refractivity contribution in [2.75, 3.05) is 18.6 Å². The number of thioether (sulfide) groups is 1. The summed E-state index contributed by atoms with van der Waals surface area (Å²) in [7, 11) is -1.81. The van der Waals surface area contributed by atoms with Crippen LogP contribution in [0.3, 0.4) is 0 Å². The van der Waals surface area contributed by atoms with Crippen molar-refractivity contribution in [1.82, 2.24) is 14.3 Å². The van der Waals surface area contributed by atoms with Gasteiger partial charge in [-0.1, -0.05) is 30.0 Å². The number of aromatic nitrogens is 2. The molecule has 0 radical (unpaired) electrons. The van der Waals surface area contributed by atoms with Crippen molar-refractivity contribution in [2.45, 2.75) is 37.3 Å². The van der Waals surface area contributed by atoms with Gasteiger partial charge in [-0.15, -0.1) is 11.3 Å². The molecule has 9 heteroatoms. The van der Waals surface area contributed by atoms with Crippen molar-refractivity contribution in [3.05, 3.63) is 51.1 Å². The van der Waals surface area contributed by atoms with Crippen molar-refractivity contribution < 1.29 is 8.42 Å². The van der Waals surface area contributed by atoms with Crippen LogP contribution in [0.1, 0.15) is 29.7 Å². The van der Waals surface area contributed by atoms with Crippen LogP contribution >= 0.6 is 23.1 Å². The van der Waals surface area contributed by atoms with Gasteiger partial charge in [-0.25, -0.2) is 18.1 Å². The molecular weight excluding hydrogens is 426 g/mol. The fraction of sp³-hybridized carbons (Fsp3) is 0.400. The number of benzene rings is 1. The minimum atomic E-state index is -3.23. The SMILES string of the molecule is CNS(=O)(=O)CCCSc1nc2sc3c(c2c(=O)n1-c1ccccc1)CCCC3. The van der Waals surface area contributed by atoms with Gasteiger partial charge in [-0.05, 0) is 56.8 Å². The van der Waals surface area contributed by atoms with Gasteiger partial charge in [0.05, 0.1) is 16.8 Å². The molecule has 29 heavy (non-hydrogen) atoms. The third kappa shape index (κ3) is 4.28. The van der Waals surface area contributed by atoms with E-state index >= 15 is 0 Å². The molecule has 0 spiro atoms. The lowest BCUT2D eigenvalue weighted by Crippen LogP contribution is -2.23. The predicted molar refractivity (Wildman–Crippen MR) is 120 cm³/mol. The molecule has 2 aromatic heterocycles. The van der Waals surface area contributed by atoms with E-state index in [0.717, 1.165) is 41.6 Å². The summed E-state index contributed by atoms with van der Waals surface area (Å²) in [5, 5.41) is 1.38. The van der Waals surface area contributed by atoms with Crippen LogP contribution < -0.4 is 10.3 Å². The Kier molecular flexibility index (Phi) is 6.10. The van der Waals surface area contributed by atoms with E-state index in [2.05, 4.69) is 4.72 Å². The molecule has 0 amide bonds. The van der Waals surface area contributed by atoms with Crippen LogP contribution in [0.25, 0.3) is 15.9 Å². The summed E-state index contributed by atoms with van der Waals surface area (Å²) in [4.78, 5) is 20.5. The molecule has 4 rings (SSSR count). The number of nitrogens with zero attached hydrogens (tertiary/aromatic N) is 2. The summed E-state index contributed by atoms with van der Waals surface area (Å²) in [6, 6.07) is 9.54. The Labute approximate surface area is 178 Å². The molecule has 1 N–H and O–H groups in total. The quantitative estimate of drug-likeness (QED) is 0.340. The first-order chi connectivity index (χ1) is 14.0. The Morgan fingerprint density at radius 3 is 2.72 bits per heavy atom. The van der Waals surface area contributed by atoms with Gasteiger partial charge in [0.15, 0.2) is 5.16 Å². The van der Waals surface area contributed by atoms with Crippen LogP contribution in [0.5, 0.6) is 0 Å². The molecule has 1 aliphatic carbocycles. The highest BCUT2D eigenvalue weighted by atomic mass is 32.2. The maximum absolute atomic E-state index is 13.5. The largest absolute Gasteiger partial charge is 0.268 e. The summed E-state index contributed by atoms with van der Waals surface area (Å²) < 4.78 is 27.3. The molecule has 0 atom stereocenters. The Balaban J connectivity index is 1.75. The fourth-order valence-corrected chi connectivity index (χ4v) is 6.77. The number of nitrogens with one attached hydrogen (secondary N) is 1. The highest BCUT2D eigenvalue weighted by molar-refractivity contribution is 7.99. The molecule has 0 saturated carbocycles. The number of hydrogen-bond donors (Lipinski definition) is 1.